The van der Waals surface area contributed by atoms with Crippen molar-refractivity contribution in [2.24, 2.45) is 0 Å². The van der Waals surface area contributed by atoms with Crippen LogP contribution >= 0.6 is 0 Å². The SMILES string of the molecule is O=C(Nc1ccc(N2CCCC2=O)c(F)c1)c1ccccc1-c1ncc(-c2ccccc2)o1. The summed E-state index contributed by atoms with van der Waals surface area (Å²) in [6.45, 7) is 0.496. The van der Waals surface area contributed by atoms with E-state index in [-0.39, 0.29) is 11.6 Å². The number of hydrogen-bond donors (Lipinski definition) is 1. The van der Waals surface area contributed by atoms with E-state index in [4.69, 9.17) is 4.42 Å². The molecule has 1 N–H and O–H groups in total. The number of carbonyl (C=O) groups excluding carboxylic acids is 2. The maximum Gasteiger partial charge on any atom is 0.256 e. The highest BCUT2D eigenvalue weighted by molar-refractivity contribution is 6.08. The largest absolute Gasteiger partial charge is 0.436 e. The number of amides is 2. The minimum atomic E-state index is -0.559. The Balaban J connectivity index is 1.39. The van der Waals surface area contributed by atoms with Crippen LogP contribution in [0.5, 0.6) is 0 Å². The summed E-state index contributed by atoms with van der Waals surface area (Å²) in [5.41, 5.74) is 2.27. The van der Waals surface area contributed by atoms with Crippen molar-refractivity contribution in [2.75, 3.05) is 16.8 Å². The molecule has 1 fully saturated rings. The Morgan fingerprint density at radius 2 is 1.82 bits per heavy atom. The fourth-order valence-electron chi connectivity index (χ4n) is 3.91. The predicted molar refractivity (Wildman–Crippen MR) is 123 cm³/mol. The zero-order valence-electron chi connectivity index (χ0n) is 17.6. The smallest absolute Gasteiger partial charge is 0.256 e. The minimum absolute atomic E-state index is 0.0968. The number of benzene rings is 3. The Kier molecular flexibility index (Phi) is 5.44. The van der Waals surface area contributed by atoms with Crippen molar-refractivity contribution in [2.45, 2.75) is 12.8 Å². The van der Waals surface area contributed by atoms with Gasteiger partial charge in [-0.1, -0.05) is 42.5 Å². The van der Waals surface area contributed by atoms with Gasteiger partial charge < -0.3 is 14.6 Å². The van der Waals surface area contributed by atoms with E-state index >= 15 is 0 Å². The number of aromatic nitrogens is 1. The summed E-state index contributed by atoms with van der Waals surface area (Å²) < 4.78 is 20.6. The Morgan fingerprint density at radius 1 is 1.03 bits per heavy atom. The molecule has 7 heteroatoms. The van der Waals surface area contributed by atoms with Crippen molar-refractivity contribution in [1.82, 2.24) is 4.98 Å². The van der Waals surface area contributed by atoms with Gasteiger partial charge in [0.15, 0.2) is 5.76 Å². The van der Waals surface area contributed by atoms with Crippen molar-refractivity contribution in [1.29, 1.82) is 0 Å². The molecule has 0 aliphatic carbocycles. The molecule has 2 heterocycles. The average molecular weight is 441 g/mol. The molecule has 5 rings (SSSR count). The molecular formula is C26H20FN3O3. The molecule has 3 aromatic carbocycles. The van der Waals surface area contributed by atoms with Gasteiger partial charge in [-0.3, -0.25) is 9.59 Å². The molecule has 0 unspecified atom stereocenters. The van der Waals surface area contributed by atoms with Crippen LogP contribution in [0.3, 0.4) is 0 Å². The van der Waals surface area contributed by atoms with Gasteiger partial charge in [-0.05, 0) is 36.8 Å². The van der Waals surface area contributed by atoms with Crippen LogP contribution in [-0.2, 0) is 4.79 Å². The quantitative estimate of drug-likeness (QED) is 0.442. The number of halogens is 1. The van der Waals surface area contributed by atoms with Gasteiger partial charge in [0.1, 0.15) is 5.82 Å². The maximum absolute atomic E-state index is 14.7. The Hall–Kier alpha value is -4.26. The lowest BCUT2D eigenvalue weighted by molar-refractivity contribution is -0.117. The number of nitrogens with zero attached hydrogens (tertiary/aromatic N) is 2. The van der Waals surface area contributed by atoms with Gasteiger partial charge in [-0.15, -0.1) is 0 Å². The van der Waals surface area contributed by atoms with Crippen molar-refractivity contribution in [3.8, 4) is 22.8 Å². The molecule has 0 saturated carbocycles. The van der Waals surface area contributed by atoms with E-state index in [0.29, 0.717) is 47.9 Å². The van der Waals surface area contributed by atoms with Gasteiger partial charge in [-0.25, -0.2) is 9.37 Å². The molecule has 4 aromatic rings. The maximum atomic E-state index is 14.7. The summed E-state index contributed by atoms with van der Waals surface area (Å²) in [7, 11) is 0. The highest BCUT2D eigenvalue weighted by Gasteiger charge is 2.24. The van der Waals surface area contributed by atoms with E-state index in [9.17, 15) is 14.0 Å². The lowest BCUT2D eigenvalue weighted by Crippen LogP contribution is -2.24. The molecule has 0 spiro atoms. The first kappa shape index (κ1) is 20.6. The van der Waals surface area contributed by atoms with Crippen LogP contribution in [-0.4, -0.2) is 23.3 Å². The Morgan fingerprint density at radius 3 is 2.58 bits per heavy atom. The average Bonchev–Trinajstić information content (AvgIpc) is 3.49. The molecular weight excluding hydrogens is 421 g/mol. The third kappa shape index (κ3) is 4.13. The third-order valence-corrected chi connectivity index (χ3v) is 5.54. The zero-order valence-corrected chi connectivity index (χ0v) is 17.6. The summed E-state index contributed by atoms with van der Waals surface area (Å²) in [6, 6.07) is 20.8. The topological polar surface area (TPSA) is 75.4 Å². The number of oxazole rings is 1. The zero-order chi connectivity index (χ0) is 22.8. The molecule has 6 nitrogen and oxygen atoms in total. The first-order valence-corrected chi connectivity index (χ1v) is 10.6. The second-order valence-corrected chi connectivity index (χ2v) is 7.71. The van der Waals surface area contributed by atoms with Crippen LogP contribution in [0.15, 0.2) is 83.4 Å². The van der Waals surface area contributed by atoms with Gasteiger partial charge in [0.2, 0.25) is 11.8 Å². The molecule has 33 heavy (non-hydrogen) atoms. The third-order valence-electron chi connectivity index (χ3n) is 5.54. The first-order chi connectivity index (χ1) is 16.1. The highest BCUT2D eigenvalue weighted by Crippen LogP contribution is 2.30. The fourth-order valence-corrected chi connectivity index (χ4v) is 3.91. The van der Waals surface area contributed by atoms with Crippen molar-refractivity contribution in [3.05, 3.63) is 90.4 Å². The Bertz CT molecular complexity index is 1330. The minimum Gasteiger partial charge on any atom is -0.436 e. The number of nitrogens with one attached hydrogen (secondary N) is 1. The van der Waals surface area contributed by atoms with Gasteiger partial charge in [0.05, 0.1) is 17.4 Å². The number of hydrogen-bond acceptors (Lipinski definition) is 4. The molecule has 2 amide bonds. The monoisotopic (exact) mass is 441 g/mol. The van der Waals surface area contributed by atoms with E-state index in [1.807, 2.05) is 30.3 Å². The second kappa shape index (κ2) is 8.70. The van der Waals surface area contributed by atoms with Crippen LogP contribution in [0.1, 0.15) is 23.2 Å². The fraction of sp³-hybridized carbons (Fsp3) is 0.115. The second-order valence-electron chi connectivity index (χ2n) is 7.71. The van der Waals surface area contributed by atoms with E-state index in [2.05, 4.69) is 10.3 Å². The standard InChI is InChI=1S/C26H20FN3O3/c27-21-15-18(12-13-22(21)30-14-6-11-24(30)31)29-25(32)19-9-4-5-10-20(19)26-28-16-23(33-26)17-7-2-1-3-8-17/h1-5,7-10,12-13,15-16H,6,11,14H2,(H,29,32). The summed E-state index contributed by atoms with van der Waals surface area (Å²) in [5.74, 6) is -0.171. The lowest BCUT2D eigenvalue weighted by atomic mass is 10.1. The van der Waals surface area contributed by atoms with Crippen LogP contribution in [0, 0.1) is 5.82 Å². The molecule has 0 atom stereocenters. The molecule has 1 aliphatic heterocycles. The van der Waals surface area contributed by atoms with Crippen molar-refractivity contribution < 1.29 is 18.4 Å². The first-order valence-electron chi connectivity index (χ1n) is 10.6. The van der Waals surface area contributed by atoms with Crippen molar-refractivity contribution >= 4 is 23.2 Å². The molecule has 164 valence electrons. The predicted octanol–water partition coefficient (Wildman–Crippen LogP) is 5.53. The van der Waals surface area contributed by atoms with Gasteiger partial charge in [0.25, 0.3) is 5.91 Å². The van der Waals surface area contributed by atoms with Gasteiger partial charge >= 0.3 is 0 Å². The van der Waals surface area contributed by atoms with Gasteiger partial charge in [-0.2, -0.15) is 0 Å². The molecule has 1 aliphatic rings. The molecule has 0 bridgehead atoms. The normalized spacial score (nSPS) is 13.4. The molecule has 1 saturated heterocycles. The van der Waals surface area contributed by atoms with E-state index in [1.165, 1.54) is 17.0 Å². The van der Waals surface area contributed by atoms with E-state index < -0.39 is 11.7 Å². The van der Waals surface area contributed by atoms with Gasteiger partial charge in [0, 0.05) is 29.8 Å². The summed E-state index contributed by atoms with van der Waals surface area (Å²) in [6.07, 6.45) is 2.74. The summed E-state index contributed by atoms with van der Waals surface area (Å²) >= 11 is 0. The lowest BCUT2D eigenvalue weighted by Gasteiger charge is -2.17. The molecule has 1 aromatic heterocycles. The van der Waals surface area contributed by atoms with Crippen LogP contribution in [0.25, 0.3) is 22.8 Å². The van der Waals surface area contributed by atoms with Crippen LogP contribution in [0.2, 0.25) is 0 Å². The van der Waals surface area contributed by atoms with E-state index in [1.54, 1.807) is 36.5 Å². The Labute approximate surface area is 189 Å². The summed E-state index contributed by atoms with van der Waals surface area (Å²) in [4.78, 5) is 30.7. The van der Waals surface area contributed by atoms with Crippen molar-refractivity contribution in [3.63, 3.8) is 0 Å². The summed E-state index contributed by atoms with van der Waals surface area (Å²) in [5, 5.41) is 2.72. The highest BCUT2D eigenvalue weighted by atomic mass is 19.1. The number of anilines is 2. The number of rotatable bonds is 5. The van der Waals surface area contributed by atoms with Crippen LogP contribution < -0.4 is 10.2 Å². The van der Waals surface area contributed by atoms with Crippen LogP contribution in [0.4, 0.5) is 15.8 Å². The van der Waals surface area contributed by atoms with E-state index in [0.717, 1.165) is 5.56 Å². The molecule has 0 radical (unpaired) electrons. The number of carbonyl (C=O) groups is 2.